The Morgan fingerprint density at radius 3 is 3.00 bits per heavy atom. The summed E-state index contributed by atoms with van der Waals surface area (Å²) in [7, 11) is 0. The van der Waals surface area contributed by atoms with Crippen LogP contribution in [0.1, 0.15) is 5.56 Å². The lowest BCUT2D eigenvalue weighted by Gasteiger charge is -2.15. The molecule has 0 atom stereocenters. The van der Waals surface area contributed by atoms with Crippen LogP contribution in [0.4, 0.5) is 5.69 Å². The highest BCUT2D eigenvalue weighted by Gasteiger charge is 2.20. The molecule has 0 saturated heterocycles. The third-order valence-corrected chi connectivity index (χ3v) is 2.27. The molecule has 1 heterocycles. The van der Waals surface area contributed by atoms with E-state index in [1.807, 2.05) is 18.2 Å². The van der Waals surface area contributed by atoms with Gasteiger partial charge in [-0.2, -0.15) is 0 Å². The van der Waals surface area contributed by atoms with E-state index in [1.165, 1.54) is 5.56 Å². The first-order chi connectivity index (χ1) is 6.33. The van der Waals surface area contributed by atoms with Crippen molar-refractivity contribution in [3.63, 3.8) is 0 Å². The summed E-state index contributed by atoms with van der Waals surface area (Å²) in [5.74, 6) is 0.157. The van der Waals surface area contributed by atoms with Crippen molar-refractivity contribution in [2.24, 2.45) is 10.9 Å². The molecule has 0 bridgehead atoms. The average Bonchev–Trinajstić information content (AvgIpc) is 2.60. The average molecular weight is 177 g/mol. The van der Waals surface area contributed by atoms with Crippen LogP contribution < -0.4 is 10.6 Å². The van der Waals surface area contributed by atoms with E-state index < -0.39 is 0 Å². The summed E-state index contributed by atoms with van der Waals surface area (Å²) in [6, 6.07) is 7.97. The summed E-state index contributed by atoms with van der Waals surface area (Å²) in [5, 5.41) is 11.5. The van der Waals surface area contributed by atoms with E-state index in [-0.39, 0.29) is 5.96 Å². The van der Waals surface area contributed by atoms with Gasteiger partial charge in [-0.05, 0) is 18.1 Å². The van der Waals surface area contributed by atoms with Crippen molar-refractivity contribution in [1.29, 1.82) is 0 Å². The SMILES string of the molecule is N/C(=N\O)N1CCc2ccccc21. The lowest BCUT2D eigenvalue weighted by atomic mass is 10.2. The molecule has 0 aromatic heterocycles. The van der Waals surface area contributed by atoms with E-state index >= 15 is 0 Å². The minimum atomic E-state index is 0.157. The van der Waals surface area contributed by atoms with E-state index in [0.717, 1.165) is 18.7 Å². The van der Waals surface area contributed by atoms with Gasteiger partial charge >= 0.3 is 0 Å². The number of guanidine groups is 1. The monoisotopic (exact) mass is 177 g/mol. The molecule has 0 unspecified atom stereocenters. The molecule has 4 heteroatoms. The number of anilines is 1. The zero-order valence-electron chi connectivity index (χ0n) is 7.14. The van der Waals surface area contributed by atoms with Crippen LogP contribution in [0.3, 0.4) is 0 Å². The zero-order valence-corrected chi connectivity index (χ0v) is 7.14. The second-order valence-corrected chi connectivity index (χ2v) is 2.99. The highest BCUT2D eigenvalue weighted by atomic mass is 16.4. The number of rotatable bonds is 0. The number of benzene rings is 1. The van der Waals surface area contributed by atoms with Gasteiger partial charge in [0.25, 0.3) is 0 Å². The summed E-state index contributed by atoms with van der Waals surface area (Å²) < 4.78 is 0. The summed E-state index contributed by atoms with van der Waals surface area (Å²) >= 11 is 0. The van der Waals surface area contributed by atoms with E-state index in [0.29, 0.717) is 0 Å². The fraction of sp³-hybridized carbons (Fsp3) is 0.222. The Bertz CT molecular complexity index is 348. The fourth-order valence-corrected chi connectivity index (χ4v) is 1.63. The third-order valence-electron chi connectivity index (χ3n) is 2.27. The molecule has 1 aliphatic rings. The van der Waals surface area contributed by atoms with Crippen molar-refractivity contribution >= 4 is 11.6 Å². The Hall–Kier alpha value is -1.71. The molecule has 1 aliphatic heterocycles. The number of fused-ring (bicyclic) bond motifs is 1. The van der Waals surface area contributed by atoms with Crippen LogP contribution in [0.25, 0.3) is 0 Å². The number of nitrogens with zero attached hydrogens (tertiary/aromatic N) is 2. The summed E-state index contributed by atoms with van der Waals surface area (Å²) in [6.45, 7) is 0.787. The molecule has 3 N–H and O–H groups in total. The van der Waals surface area contributed by atoms with Crippen LogP contribution in [-0.2, 0) is 6.42 Å². The molecular formula is C9H11N3O. The van der Waals surface area contributed by atoms with Gasteiger partial charge in [-0.25, -0.2) is 0 Å². The van der Waals surface area contributed by atoms with Gasteiger partial charge in [0.15, 0.2) is 0 Å². The smallest absolute Gasteiger partial charge is 0.237 e. The molecule has 13 heavy (non-hydrogen) atoms. The number of oxime groups is 1. The first-order valence-corrected chi connectivity index (χ1v) is 4.16. The number of hydrogen-bond donors (Lipinski definition) is 2. The summed E-state index contributed by atoms with van der Waals surface area (Å²) in [4.78, 5) is 1.80. The lowest BCUT2D eigenvalue weighted by Crippen LogP contribution is -2.35. The van der Waals surface area contributed by atoms with Gasteiger partial charge in [0.05, 0.1) is 0 Å². The molecule has 0 aliphatic carbocycles. The lowest BCUT2D eigenvalue weighted by molar-refractivity contribution is 0.317. The normalized spacial score (nSPS) is 16.0. The topological polar surface area (TPSA) is 61.9 Å². The Kier molecular flexibility index (Phi) is 1.81. The molecule has 0 fully saturated rings. The maximum absolute atomic E-state index is 8.54. The molecule has 1 aromatic carbocycles. The van der Waals surface area contributed by atoms with Crippen LogP contribution in [0.15, 0.2) is 29.4 Å². The summed E-state index contributed by atoms with van der Waals surface area (Å²) in [6.07, 6.45) is 0.951. The van der Waals surface area contributed by atoms with Crippen molar-refractivity contribution in [2.75, 3.05) is 11.4 Å². The zero-order chi connectivity index (χ0) is 9.26. The quantitative estimate of drug-likeness (QED) is 0.266. The predicted molar refractivity (Wildman–Crippen MR) is 50.9 cm³/mol. The van der Waals surface area contributed by atoms with E-state index in [9.17, 15) is 0 Å². The van der Waals surface area contributed by atoms with E-state index in [1.54, 1.807) is 4.90 Å². The Labute approximate surface area is 76.3 Å². The number of nitrogens with two attached hydrogens (primary N) is 1. The number of hydrogen-bond acceptors (Lipinski definition) is 2. The Morgan fingerprint density at radius 1 is 1.46 bits per heavy atom. The number of para-hydroxylation sites is 1. The van der Waals surface area contributed by atoms with Crippen LogP contribution in [0, 0.1) is 0 Å². The van der Waals surface area contributed by atoms with Crippen molar-refractivity contribution < 1.29 is 5.21 Å². The van der Waals surface area contributed by atoms with Gasteiger partial charge in [-0.3, -0.25) is 0 Å². The van der Waals surface area contributed by atoms with Crippen LogP contribution >= 0.6 is 0 Å². The first-order valence-electron chi connectivity index (χ1n) is 4.16. The van der Waals surface area contributed by atoms with E-state index in [2.05, 4.69) is 11.2 Å². The van der Waals surface area contributed by atoms with Gasteiger partial charge in [-0.15, -0.1) is 0 Å². The minimum absolute atomic E-state index is 0.157. The highest BCUT2D eigenvalue weighted by molar-refractivity contribution is 5.96. The van der Waals surface area contributed by atoms with Gasteiger partial charge in [0.1, 0.15) is 0 Å². The standard InChI is InChI=1S/C9H11N3O/c10-9(11-13)12-6-5-7-3-1-2-4-8(7)12/h1-4,13H,5-6H2,(H2,10,11). The van der Waals surface area contributed by atoms with Crippen LogP contribution in [0.5, 0.6) is 0 Å². The molecule has 0 amide bonds. The summed E-state index contributed by atoms with van der Waals surface area (Å²) in [5.41, 5.74) is 7.80. The minimum Gasteiger partial charge on any atom is -0.408 e. The van der Waals surface area contributed by atoms with Crippen molar-refractivity contribution in [2.45, 2.75) is 6.42 Å². The largest absolute Gasteiger partial charge is 0.408 e. The van der Waals surface area contributed by atoms with Gasteiger partial charge in [-0.1, -0.05) is 23.4 Å². The molecule has 0 radical (unpaired) electrons. The first kappa shape index (κ1) is 7.91. The van der Waals surface area contributed by atoms with Crippen LogP contribution in [0.2, 0.25) is 0 Å². The molecule has 68 valence electrons. The van der Waals surface area contributed by atoms with E-state index in [4.69, 9.17) is 10.9 Å². The fourth-order valence-electron chi connectivity index (χ4n) is 1.63. The Balaban J connectivity index is 2.39. The molecule has 2 rings (SSSR count). The predicted octanol–water partition coefficient (Wildman–Crippen LogP) is 0.753. The Morgan fingerprint density at radius 2 is 2.23 bits per heavy atom. The molecule has 1 aromatic rings. The molecule has 4 nitrogen and oxygen atoms in total. The van der Waals surface area contributed by atoms with Gasteiger partial charge in [0, 0.05) is 12.2 Å². The highest BCUT2D eigenvalue weighted by Crippen LogP contribution is 2.26. The maximum Gasteiger partial charge on any atom is 0.237 e. The third kappa shape index (κ3) is 1.20. The van der Waals surface area contributed by atoms with Crippen LogP contribution in [-0.4, -0.2) is 17.7 Å². The van der Waals surface area contributed by atoms with Gasteiger partial charge in [0.2, 0.25) is 5.96 Å². The van der Waals surface area contributed by atoms with Crippen molar-refractivity contribution in [3.8, 4) is 0 Å². The van der Waals surface area contributed by atoms with Gasteiger partial charge < -0.3 is 15.8 Å². The molecule has 0 spiro atoms. The molecule has 0 saturated carbocycles. The second kappa shape index (κ2) is 2.97. The second-order valence-electron chi connectivity index (χ2n) is 2.99. The maximum atomic E-state index is 8.54. The van der Waals surface area contributed by atoms with Crippen molar-refractivity contribution in [3.05, 3.63) is 29.8 Å². The van der Waals surface area contributed by atoms with Crippen molar-refractivity contribution in [1.82, 2.24) is 0 Å². The molecular weight excluding hydrogens is 166 g/mol.